The van der Waals surface area contributed by atoms with Gasteiger partial charge in [0.15, 0.2) is 0 Å². The van der Waals surface area contributed by atoms with Crippen molar-refractivity contribution in [2.75, 3.05) is 26.7 Å². The number of hydrogen-bond acceptors (Lipinski definition) is 4. The Balaban J connectivity index is 1.64. The van der Waals surface area contributed by atoms with Crippen LogP contribution >= 0.6 is 0 Å². The van der Waals surface area contributed by atoms with Crippen molar-refractivity contribution in [2.45, 2.75) is 51.4 Å². The van der Waals surface area contributed by atoms with E-state index >= 15 is 0 Å². The summed E-state index contributed by atoms with van der Waals surface area (Å²) in [6.07, 6.45) is 1.61. The van der Waals surface area contributed by atoms with Gasteiger partial charge in [-0.2, -0.15) is 0 Å². The second kappa shape index (κ2) is 10.3. The topological polar surface area (TPSA) is 84.9 Å². The molecule has 7 heteroatoms. The van der Waals surface area contributed by atoms with Crippen molar-refractivity contribution in [3.63, 3.8) is 0 Å². The molecular formula is C20H32N4O3. The van der Waals surface area contributed by atoms with Gasteiger partial charge in [-0.1, -0.05) is 37.3 Å². The molecule has 0 bridgehead atoms. The minimum Gasteiger partial charge on any atom is -0.480 e. The van der Waals surface area contributed by atoms with E-state index in [0.29, 0.717) is 13.1 Å². The number of hydrogen-bond donors (Lipinski definition) is 3. The summed E-state index contributed by atoms with van der Waals surface area (Å²) in [6.45, 7) is 6.24. The van der Waals surface area contributed by atoms with Gasteiger partial charge in [-0.3, -0.25) is 14.6 Å². The Morgan fingerprint density at radius 3 is 2.52 bits per heavy atom. The van der Waals surface area contributed by atoms with Crippen molar-refractivity contribution < 1.29 is 14.7 Å². The van der Waals surface area contributed by atoms with Crippen molar-refractivity contribution in [1.29, 1.82) is 0 Å². The third kappa shape index (κ3) is 6.84. The van der Waals surface area contributed by atoms with Gasteiger partial charge < -0.3 is 15.7 Å². The lowest BCUT2D eigenvalue weighted by molar-refractivity contribution is -0.139. The van der Waals surface area contributed by atoms with Gasteiger partial charge >= 0.3 is 12.0 Å². The summed E-state index contributed by atoms with van der Waals surface area (Å²) < 4.78 is 0. The van der Waals surface area contributed by atoms with E-state index in [9.17, 15) is 9.59 Å². The molecule has 2 amide bonds. The van der Waals surface area contributed by atoms with Gasteiger partial charge in [-0.05, 0) is 38.9 Å². The molecule has 0 saturated heterocycles. The Morgan fingerprint density at radius 2 is 1.93 bits per heavy atom. The lowest BCUT2D eigenvalue weighted by Gasteiger charge is -2.42. The molecule has 1 aromatic carbocycles. The van der Waals surface area contributed by atoms with E-state index in [1.54, 1.807) is 0 Å². The second-order valence-electron chi connectivity index (χ2n) is 7.38. The van der Waals surface area contributed by atoms with Crippen molar-refractivity contribution in [2.24, 2.45) is 0 Å². The minimum atomic E-state index is -0.806. The number of benzene rings is 1. The van der Waals surface area contributed by atoms with E-state index in [-0.39, 0.29) is 30.7 Å². The average Bonchev–Trinajstić information content (AvgIpc) is 2.61. The van der Waals surface area contributed by atoms with Crippen molar-refractivity contribution in [3.05, 3.63) is 35.9 Å². The number of amides is 2. The summed E-state index contributed by atoms with van der Waals surface area (Å²) in [5, 5.41) is 14.8. The van der Waals surface area contributed by atoms with Gasteiger partial charge in [0.05, 0.1) is 6.54 Å². The summed E-state index contributed by atoms with van der Waals surface area (Å²) in [5.41, 5.74) is 1.25. The standard InChI is InChI=1S/C20H32N4O3/c1-4-24(14-19(25)26)18-10-17(11-18)22-20(27)21-12-15(2)23(3)13-16-8-6-5-7-9-16/h5-9,15,17-18H,4,10-14H2,1-3H3,(H,25,26)(H2,21,22,27). The number of rotatable bonds is 10. The number of carboxylic acids is 1. The molecule has 1 aromatic rings. The quantitative estimate of drug-likeness (QED) is 0.579. The van der Waals surface area contributed by atoms with Gasteiger partial charge in [-0.15, -0.1) is 0 Å². The summed E-state index contributed by atoms with van der Waals surface area (Å²) in [6, 6.07) is 10.7. The highest BCUT2D eigenvalue weighted by molar-refractivity contribution is 5.74. The third-order valence-electron chi connectivity index (χ3n) is 5.29. The monoisotopic (exact) mass is 376 g/mol. The number of urea groups is 1. The Labute approximate surface area is 161 Å². The highest BCUT2D eigenvalue weighted by Crippen LogP contribution is 2.25. The maximum Gasteiger partial charge on any atom is 0.317 e. The van der Waals surface area contributed by atoms with Crippen molar-refractivity contribution >= 4 is 12.0 Å². The molecule has 0 aliphatic heterocycles. The Kier molecular flexibility index (Phi) is 8.06. The molecule has 1 aliphatic carbocycles. The predicted molar refractivity (Wildman–Crippen MR) is 106 cm³/mol. The summed E-state index contributed by atoms with van der Waals surface area (Å²) in [4.78, 5) is 27.1. The molecule has 0 heterocycles. The molecule has 3 N–H and O–H groups in total. The SMILES string of the molecule is CCN(CC(=O)O)C1CC(NC(=O)NCC(C)N(C)Cc2ccccc2)C1. The minimum absolute atomic E-state index is 0.0609. The molecule has 0 spiro atoms. The van der Waals surface area contributed by atoms with E-state index < -0.39 is 5.97 Å². The molecule has 0 radical (unpaired) electrons. The van der Waals surface area contributed by atoms with Crippen LogP contribution in [0.25, 0.3) is 0 Å². The molecule has 1 atom stereocenters. The van der Waals surface area contributed by atoms with Gasteiger partial charge in [0.1, 0.15) is 0 Å². The molecule has 1 unspecified atom stereocenters. The molecule has 1 fully saturated rings. The average molecular weight is 377 g/mol. The zero-order chi connectivity index (χ0) is 19.8. The van der Waals surface area contributed by atoms with Crippen LogP contribution in [0.1, 0.15) is 32.3 Å². The smallest absolute Gasteiger partial charge is 0.317 e. The van der Waals surface area contributed by atoms with E-state index in [0.717, 1.165) is 19.4 Å². The van der Waals surface area contributed by atoms with Gasteiger partial charge in [-0.25, -0.2) is 4.79 Å². The van der Waals surface area contributed by atoms with Crippen LogP contribution < -0.4 is 10.6 Å². The molecular weight excluding hydrogens is 344 g/mol. The van der Waals surface area contributed by atoms with Crippen LogP contribution in [-0.4, -0.2) is 71.7 Å². The Hall–Kier alpha value is -2.12. The first-order valence-electron chi connectivity index (χ1n) is 9.63. The normalized spacial score (nSPS) is 20.2. The van der Waals surface area contributed by atoms with Gasteiger partial charge in [0.25, 0.3) is 0 Å². The zero-order valence-corrected chi connectivity index (χ0v) is 16.5. The van der Waals surface area contributed by atoms with E-state index in [1.165, 1.54) is 5.56 Å². The lowest BCUT2D eigenvalue weighted by Crippen LogP contribution is -2.56. The fourth-order valence-electron chi connectivity index (χ4n) is 3.34. The van der Waals surface area contributed by atoms with Crippen molar-refractivity contribution in [3.8, 4) is 0 Å². The number of nitrogens with one attached hydrogen (secondary N) is 2. The molecule has 1 saturated carbocycles. The van der Waals surface area contributed by atoms with E-state index in [4.69, 9.17) is 5.11 Å². The first-order chi connectivity index (χ1) is 12.9. The fraction of sp³-hybridized carbons (Fsp3) is 0.600. The first kappa shape index (κ1) is 21.2. The number of aliphatic carboxylic acids is 1. The number of likely N-dealkylation sites (N-methyl/N-ethyl adjacent to an activating group) is 2. The molecule has 27 heavy (non-hydrogen) atoms. The molecule has 1 aliphatic rings. The van der Waals surface area contributed by atoms with Crippen molar-refractivity contribution in [1.82, 2.24) is 20.4 Å². The molecule has 150 valence electrons. The van der Waals surface area contributed by atoms with Crippen LogP contribution in [0, 0.1) is 0 Å². The van der Waals surface area contributed by atoms with Crippen LogP contribution in [0.3, 0.4) is 0 Å². The maximum atomic E-state index is 12.1. The highest BCUT2D eigenvalue weighted by Gasteiger charge is 2.34. The number of nitrogens with zero attached hydrogens (tertiary/aromatic N) is 2. The first-order valence-corrected chi connectivity index (χ1v) is 9.63. The molecule has 7 nitrogen and oxygen atoms in total. The van der Waals surface area contributed by atoms with Crippen LogP contribution in [-0.2, 0) is 11.3 Å². The summed E-state index contributed by atoms with van der Waals surface area (Å²) >= 11 is 0. The van der Waals surface area contributed by atoms with Crippen LogP contribution in [0.2, 0.25) is 0 Å². The van der Waals surface area contributed by atoms with Crippen LogP contribution in [0.4, 0.5) is 4.79 Å². The lowest BCUT2D eigenvalue weighted by atomic mass is 9.85. The summed E-state index contributed by atoms with van der Waals surface area (Å²) in [5.74, 6) is -0.806. The highest BCUT2D eigenvalue weighted by atomic mass is 16.4. The third-order valence-corrected chi connectivity index (χ3v) is 5.29. The van der Waals surface area contributed by atoms with Gasteiger partial charge in [0, 0.05) is 31.2 Å². The van der Waals surface area contributed by atoms with E-state index in [1.807, 2.05) is 30.0 Å². The van der Waals surface area contributed by atoms with E-state index in [2.05, 4.69) is 41.6 Å². The number of carbonyl (C=O) groups excluding carboxylic acids is 1. The Morgan fingerprint density at radius 1 is 1.26 bits per heavy atom. The second-order valence-corrected chi connectivity index (χ2v) is 7.38. The van der Waals surface area contributed by atoms with Crippen LogP contribution in [0.5, 0.6) is 0 Å². The van der Waals surface area contributed by atoms with Crippen LogP contribution in [0.15, 0.2) is 30.3 Å². The summed E-state index contributed by atoms with van der Waals surface area (Å²) in [7, 11) is 2.05. The number of carboxylic acid groups (broad SMARTS) is 1. The fourth-order valence-corrected chi connectivity index (χ4v) is 3.34. The molecule has 0 aromatic heterocycles. The zero-order valence-electron chi connectivity index (χ0n) is 16.5. The number of carbonyl (C=O) groups is 2. The van der Waals surface area contributed by atoms with Gasteiger partial charge in [0.2, 0.25) is 0 Å². The molecule has 2 rings (SSSR count). The largest absolute Gasteiger partial charge is 0.480 e. The predicted octanol–water partition coefficient (Wildman–Crippen LogP) is 1.74. The Bertz CT molecular complexity index is 605. The maximum absolute atomic E-state index is 12.1.